The minimum Gasteiger partial charge on any atom is -0.503 e. The van der Waals surface area contributed by atoms with Gasteiger partial charge in [0.15, 0.2) is 11.6 Å². The molecular weight excluding hydrogens is 448 g/mol. The second-order valence-corrected chi connectivity index (χ2v) is 9.39. The van der Waals surface area contributed by atoms with E-state index in [1.165, 1.54) is 22.9 Å². The largest absolute Gasteiger partial charge is 0.503 e. The highest BCUT2D eigenvalue weighted by atomic mass is 16.3. The topological polar surface area (TPSA) is 88.3 Å². The van der Waals surface area contributed by atoms with Crippen LogP contribution in [-0.4, -0.2) is 39.6 Å². The van der Waals surface area contributed by atoms with Crippen LogP contribution in [0.25, 0.3) is 11.3 Å². The molecule has 1 aromatic heterocycles. The van der Waals surface area contributed by atoms with Crippen molar-refractivity contribution in [1.29, 1.82) is 5.26 Å². The van der Waals surface area contributed by atoms with Gasteiger partial charge in [-0.2, -0.15) is 10.2 Å². The second kappa shape index (κ2) is 11.5. The first kappa shape index (κ1) is 25.0. The van der Waals surface area contributed by atoms with Crippen molar-refractivity contribution >= 4 is 17.1 Å². The lowest BCUT2D eigenvalue weighted by Crippen LogP contribution is -2.40. The summed E-state index contributed by atoms with van der Waals surface area (Å²) < 4.78 is 0. The fraction of sp³-hybridized carbons (Fsp3) is 0.276. The number of nitrogens with one attached hydrogen (secondary N) is 1. The number of nitriles is 1. The molecular formula is C29H32N6O. The van der Waals surface area contributed by atoms with Gasteiger partial charge in [0.05, 0.1) is 11.9 Å². The summed E-state index contributed by atoms with van der Waals surface area (Å²) in [6.07, 6.45) is 4.63. The number of benzene rings is 2. The second-order valence-electron chi connectivity index (χ2n) is 9.39. The number of nitrogens with zero attached hydrogens (tertiary/aromatic N) is 5. The minimum atomic E-state index is -0.101. The number of hydrazine groups is 1. The maximum Gasteiger partial charge on any atom is 0.234 e. The lowest BCUT2D eigenvalue weighted by molar-refractivity contribution is 0.294. The van der Waals surface area contributed by atoms with E-state index in [1.807, 2.05) is 18.2 Å². The summed E-state index contributed by atoms with van der Waals surface area (Å²) in [7, 11) is 0. The molecule has 0 aliphatic carbocycles. The summed E-state index contributed by atoms with van der Waals surface area (Å²) in [6, 6.07) is 20.9. The SMILES string of the molecule is C=C(NN(CC(C)C)c1nc(C#N)ncc1O)c1ccc(CN2CC=C(c3ccccc3)CC2)cc1. The smallest absolute Gasteiger partial charge is 0.234 e. The Bertz CT molecular complexity index is 1260. The molecule has 184 valence electrons. The zero-order chi connectivity index (χ0) is 25.5. The van der Waals surface area contributed by atoms with Crippen molar-refractivity contribution < 1.29 is 5.11 Å². The van der Waals surface area contributed by atoms with Crippen molar-refractivity contribution in [2.45, 2.75) is 26.8 Å². The monoisotopic (exact) mass is 480 g/mol. The van der Waals surface area contributed by atoms with Gasteiger partial charge in [-0.1, -0.05) is 81.1 Å². The average molecular weight is 481 g/mol. The van der Waals surface area contributed by atoms with E-state index in [0.717, 1.165) is 31.6 Å². The number of aromatic nitrogens is 2. The van der Waals surface area contributed by atoms with Crippen LogP contribution in [0.5, 0.6) is 5.75 Å². The fourth-order valence-corrected chi connectivity index (χ4v) is 4.24. The van der Waals surface area contributed by atoms with Gasteiger partial charge in [-0.3, -0.25) is 15.3 Å². The highest BCUT2D eigenvalue weighted by Crippen LogP contribution is 2.26. The number of rotatable bonds is 9. The lowest BCUT2D eigenvalue weighted by atomic mass is 9.99. The van der Waals surface area contributed by atoms with Crippen LogP contribution in [0.4, 0.5) is 5.82 Å². The molecule has 7 heteroatoms. The number of hydrogen-bond donors (Lipinski definition) is 2. The van der Waals surface area contributed by atoms with Crippen LogP contribution in [0.15, 0.2) is 73.4 Å². The van der Waals surface area contributed by atoms with Crippen LogP contribution in [0.3, 0.4) is 0 Å². The first-order valence-corrected chi connectivity index (χ1v) is 12.2. The third-order valence-electron chi connectivity index (χ3n) is 6.07. The standard InChI is InChI=1S/C29H32N6O/c1-21(2)19-35(29-27(36)18-31-28(17-30)32-29)33-22(3)24-11-9-23(10-12-24)20-34-15-13-26(14-16-34)25-7-5-4-6-8-25/h4-13,18,21,33,36H,3,14-16,19-20H2,1-2H3. The van der Waals surface area contributed by atoms with Gasteiger partial charge in [-0.25, -0.2) is 4.98 Å². The molecule has 0 amide bonds. The highest BCUT2D eigenvalue weighted by molar-refractivity contribution is 5.67. The van der Waals surface area contributed by atoms with Crippen LogP contribution in [0, 0.1) is 17.2 Å². The predicted molar refractivity (Wildman–Crippen MR) is 144 cm³/mol. The van der Waals surface area contributed by atoms with Crippen LogP contribution in [-0.2, 0) is 6.54 Å². The normalized spacial score (nSPS) is 13.7. The molecule has 0 radical (unpaired) electrons. The van der Waals surface area contributed by atoms with E-state index in [1.54, 1.807) is 5.01 Å². The molecule has 0 unspecified atom stereocenters. The van der Waals surface area contributed by atoms with Crippen LogP contribution in [0.1, 0.15) is 42.8 Å². The highest BCUT2D eigenvalue weighted by Gasteiger charge is 2.18. The van der Waals surface area contributed by atoms with E-state index in [2.05, 4.69) is 89.3 Å². The van der Waals surface area contributed by atoms with E-state index >= 15 is 0 Å². The van der Waals surface area contributed by atoms with Crippen LogP contribution < -0.4 is 10.4 Å². The molecule has 2 N–H and O–H groups in total. The first-order valence-electron chi connectivity index (χ1n) is 12.2. The van der Waals surface area contributed by atoms with E-state index in [4.69, 9.17) is 5.26 Å². The first-order chi connectivity index (χ1) is 17.4. The Morgan fingerprint density at radius 3 is 2.58 bits per heavy atom. The molecule has 36 heavy (non-hydrogen) atoms. The molecule has 2 aromatic carbocycles. The average Bonchev–Trinajstić information content (AvgIpc) is 2.90. The summed E-state index contributed by atoms with van der Waals surface area (Å²) in [4.78, 5) is 10.5. The van der Waals surface area contributed by atoms with Crippen LogP contribution in [0.2, 0.25) is 0 Å². The molecule has 0 fully saturated rings. The van der Waals surface area contributed by atoms with Gasteiger partial charge in [0.2, 0.25) is 5.82 Å². The number of anilines is 1. The molecule has 0 saturated carbocycles. The summed E-state index contributed by atoms with van der Waals surface area (Å²) in [5.41, 5.74) is 8.85. The van der Waals surface area contributed by atoms with Crippen molar-refractivity contribution in [3.63, 3.8) is 0 Å². The van der Waals surface area contributed by atoms with Crippen molar-refractivity contribution in [2.24, 2.45) is 5.92 Å². The van der Waals surface area contributed by atoms with Gasteiger partial charge >= 0.3 is 0 Å². The Balaban J connectivity index is 1.39. The molecule has 1 aliphatic heterocycles. The van der Waals surface area contributed by atoms with Crippen molar-refractivity contribution in [3.8, 4) is 11.8 Å². The fourth-order valence-electron chi connectivity index (χ4n) is 4.24. The minimum absolute atomic E-state index is 0.00299. The van der Waals surface area contributed by atoms with Gasteiger partial charge < -0.3 is 5.11 Å². The Morgan fingerprint density at radius 2 is 1.94 bits per heavy atom. The Labute approximate surface area is 213 Å². The summed E-state index contributed by atoms with van der Waals surface area (Å²) in [6.45, 7) is 11.7. The van der Waals surface area contributed by atoms with E-state index < -0.39 is 0 Å². The lowest BCUT2D eigenvalue weighted by Gasteiger charge is -2.28. The van der Waals surface area contributed by atoms with E-state index in [0.29, 0.717) is 12.2 Å². The Kier molecular flexibility index (Phi) is 7.99. The Hall–Kier alpha value is -4.15. The molecule has 7 nitrogen and oxygen atoms in total. The van der Waals surface area contributed by atoms with Gasteiger partial charge in [0.1, 0.15) is 6.07 Å². The quantitative estimate of drug-likeness (QED) is 0.418. The summed E-state index contributed by atoms with van der Waals surface area (Å²) >= 11 is 0. The van der Waals surface area contributed by atoms with Crippen molar-refractivity contribution in [3.05, 3.63) is 96.0 Å². The molecule has 1 aliphatic rings. The maximum absolute atomic E-state index is 10.3. The third-order valence-corrected chi connectivity index (χ3v) is 6.07. The molecule has 2 heterocycles. The van der Waals surface area contributed by atoms with Crippen molar-refractivity contribution in [1.82, 2.24) is 20.3 Å². The zero-order valence-electron chi connectivity index (χ0n) is 20.9. The van der Waals surface area contributed by atoms with Crippen LogP contribution >= 0.6 is 0 Å². The number of aromatic hydroxyl groups is 1. The number of hydrogen-bond acceptors (Lipinski definition) is 7. The zero-order valence-corrected chi connectivity index (χ0v) is 20.9. The van der Waals surface area contributed by atoms with E-state index in [9.17, 15) is 5.11 Å². The van der Waals surface area contributed by atoms with Crippen molar-refractivity contribution in [2.75, 3.05) is 24.6 Å². The molecule has 0 bridgehead atoms. The molecule has 3 aromatic rings. The van der Waals surface area contributed by atoms with E-state index in [-0.39, 0.29) is 23.3 Å². The molecule has 0 spiro atoms. The molecule has 4 rings (SSSR count). The molecule has 0 atom stereocenters. The summed E-state index contributed by atoms with van der Waals surface area (Å²) in [5.74, 6) is 0.419. The third kappa shape index (κ3) is 6.29. The van der Waals surface area contributed by atoms with Gasteiger partial charge in [-0.15, -0.1) is 0 Å². The maximum atomic E-state index is 10.3. The van der Waals surface area contributed by atoms with Gasteiger partial charge in [0, 0.05) is 26.2 Å². The molecule has 0 saturated heterocycles. The van der Waals surface area contributed by atoms with Gasteiger partial charge in [0.25, 0.3) is 0 Å². The Morgan fingerprint density at radius 1 is 1.19 bits per heavy atom. The predicted octanol–water partition coefficient (Wildman–Crippen LogP) is 4.98. The van der Waals surface area contributed by atoms with Gasteiger partial charge in [-0.05, 0) is 34.6 Å². The summed E-state index contributed by atoms with van der Waals surface area (Å²) in [5, 5.41) is 21.2.